The number of rotatable bonds is 5. The van der Waals surface area contributed by atoms with Crippen LogP contribution in [-0.2, 0) is 14.3 Å². The molecule has 0 atom stereocenters. The monoisotopic (exact) mass is 392 g/mol. The average molecular weight is 393 g/mol. The minimum Gasteiger partial charge on any atom is -0.465 e. The topological polar surface area (TPSA) is 59.1 Å². The fourth-order valence-corrected chi connectivity index (χ4v) is 4.05. The maximum Gasteiger partial charge on any atom is 0.337 e. The lowest BCUT2D eigenvalue weighted by Crippen LogP contribution is -2.42. The zero-order chi connectivity index (χ0) is 18.5. The van der Waals surface area contributed by atoms with Gasteiger partial charge in [-0.3, -0.25) is 14.6 Å². The van der Waals surface area contributed by atoms with Crippen molar-refractivity contribution in [3.63, 3.8) is 0 Å². The molecule has 1 amide bonds. The molecule has 3 rings (SSSR count). The summed E-state index contributed by atoms with van der Waals surface area (Å²) in [5, 5.41) is 0. The van der Waals surface area contributed by atoms with Crippen LogP contribution in [0.1, 0.15) is 15.9 Å². The number of morpholine rings is 1. The highest BCUT2D eigenvalue weighted by Crippen LogP contribution is 2.32. The maximum absolute atomic E-state index is 12.6. The van der Waals surface area contributed by atoms with E-state index in [1.54, 1.807) is 35.2 Å². The maximum atomic E-state index is 12.6. The Kier molecular flexibility index (Phi) is 6.42. The molecule has 0 aliphatic carbocycles. The third-order valence-electron chi connectivity index (χ3n) is 4.25. The Balaban J connectivity index is 1.63. The molecular weight excluding hydrogens is 372 g/mol. The number of thiocarbonyl (C=S) groups is 1. The van der Waals surface area contributed by atoms with Gasteiger partial charge in [-0.05, 0) is 23.8 Å². The Hall–Kier alpha value is -1.74. The summed E-state index contributed by atoms with van der Waals surface area (Å²) in [5.41, 5.74) is 1.31. The van der Waals surface area contributed by atoms with Crippen molar-refractivity contribution in [1.82, 2.24) is 9.80 Å². The third kappa shape index (κ3) is 4.50. The summed E-state index contributed by atoms with van der Waals surface area (Å²) in [4.78, 5) is 28.7. The van der Waals surface area contributed by atoms with Gasteiger partial charge in [0.1, 0.15) is 4.32 Å². The van der Waals surface area contributed by atoms with E-state index in [1.807, 2.05) is 0 Å². The Morgan fingerprint density at radius 2 is 1.96 bits per heavy atom. The van der Waals surface area contributed by atoms with Crippen LogP contribution in [0.25, 0.3) is 6.08 Å². The van der Waals surface area contributed by atoms with Gasteiger partial charge < -0.3 is 9.47 Å². The van der Waals surface area contributed by atoms with E-state index >= 15 is 0 Å². The SMILES string of the molecule is COC(=O)c1ccc(/C=C2/SC(=S)N(CCN3CCOCC3)C2=O)cc1. The Morgan fingerprint density at radius 3 is 2.62 bits per heavy atom. The number of carbonyl (C=O) groups is 2. The molecule has 2 aliphatic rings. The fourth-order valence-electron chi connectivity index (χ4n) is 2.74. The minimum atomic E-state index is -0.383. The molecule has 0 radical (unpaired) electrons. The molecule has 0 bridgehead atoms. The summed E-state index contributed by atoms with van der Waals surface area (Å²) < 4.78 is 10.6. The van der Waals surface area contributed by atoms with Crippen molar-refractivity contribution < 1.29 is 19.1 Å². The molecule has 8 heteroatoms. The number of hydrogen-bond acceptors (Lipinski definition) is 7. The van der Waals surface area contributed by atoms with Crippen molar-refractivity contribution in [3.05, 3.63) is 40.3 Å². The average Bonchev–Trinajstić information content (AvgIpc) is 2.94. The molecule has 2 heterocycles. The van der Waals surface area contributed by atoms with Gasteiger partial charge in [-0.15, -0.1) is 0 Å². The van der Waals surface area contributed by atoms with Crippen molar-refractivity contribution in [2.45, 2.75) is 0 Å². The first-order chi connectivity index (χ1) is 12.6. The summed E-state index contributed by atoms with van der Waals surface area (Å²) in [6.45, 7) is 4.62. The van der Waals surface area contributed by atoms with Crippen molar-refractivity contribution in [2.24, 2.45) is 0 Å². The van der Waals surface area contributed by atoms with Gasteiger partial charge in [0, 0.05) is 26.2 Å². The van der Waals surface area contributed by atoms with Crippen molar-refractivity contribution in [3.8, 4) is 0 Å². The van der Waals surface area contributed by atoms with Crippen molar-refractivity contribution >= 4 is 46.3 Å². The predicted octanol–water partition coefficient (Wildman–Crippen LogP) is 2.01. The standard InChI is InChI=1S/C18H20N2O4S2/c1-23-17(22)14-4-2-13(3-5-14)12-15-16(21)20(18(25)26-15)7-6-19-8-10-24-11-9-19/h2-5,12H,6-11H2,1H3/b15-12+. The van der Waals surface area contributed by atoms with Gasteiger partial charge in [-0.1, -0.05) is 36.1 Å². The van der Waals surface area contributed by atoms with E-state index in [2.05, 4.69) is 9.64 Å². The molecule has 2 saturated heterocycles. The number of ether oxygens (including phenoxy) is 2. The van der Waals surface area contributed by atoms with Gasteiger partial charge in [-0.25, -0.2) is 4.79 Å². The van der Waals surface area contributed by atoms with E-state index in [4.69, 9.17) is 17.0 Å². The molecule has 2 aliphatic heterocycles. The zero-order valence-corrected chi connectivity index (χ0v) is 16.1. The Labute approximate surface area is 162 Å². The van der Waals surface area contributed by atoms with E-state index in [-0.39, 0.29) is 11.9 Å². The highest BCUT2D eigenvalue weighted by Gasteiger charge is 2.32. The second-order valence-electron chi connectivity index (χ2n) is 5.90. The van der Waals surface area contributed by atoms with E-state index in [1.165, 1.54) is 18.9 Å². The first kappa shape index (κ1) is 19.0. The Bertz CT molecular complexity index is 727. The molecule has 0 unspecified atom stereocenters. The summed E-state index contributed by atoms with van der Waals surface area (Å²) in [6, 6.07) is 6.92. The van der Waals surface area contributed by atoms with Crippen LogP contribution in [0.5, 0.6) is 0 Å². The van der Waals surface area contributed by atoms with Crippen LogP contribution in [0.2, 0.25) is 0 Å². The molecular formula is C18H20N2O4S2. The lowest BCUT2D eigenvalue weighted by Gasteiger charge is -2.28. The number of nitrogens with zero attached hydrogens (tertiary/aromatic N) is 2. The van der Waals surface area contributed by atoms with Crippen molar-refractivity contribution in [2.75, 3.05) is 46.5 Å². The highest BCUT2D eigenvalue weighted by atomic mass is 32.2. The predicted molar refractivity (Wildman–Crippen MR) is 105 cm³/mol. The highest BCUT2D eigenvalue weighted by molar-refractivity contribution is 8.26. The Morgan fingerprint density at radius 1 is 1.27 bits per heavy atom. The number of amides is 1. The second kappa shape index (κ2) is 8.77. The second-order valence-corrected chi connectivity index (χ2v) is 7.58. The minimum absolute atomic E-state index is 0.0645. The van der Waals surface area contributed by atoms with Gasteiger partial charge in [0.15, 0.2) is 0 Å². The van der Waals surface area contributed by atoms with Crippen LogP contribution in [0.4, 0.5) is 0 Å². The van der Waals surface area contributed by atoms with Crippen LogP contribution >= 0.6 is 24.0 Å². The number of esters is 1. The molecule has 0 spiro atoms. The number of benzene rings is 1. The molecule has 1 aromatic carbocycles. The van der Waals surface area contributed by atoms with Crippen LogP contribution in [0.15, 0.2) is 29.2 Å². The lowest BCUT2D eigenvalue weighted by atomic mass is 10.1. The van der Waals surface area contributed by atoms with E-state index < -0.39 is 0 Å². The normalized spacial score (nSPS) is 20.0. The van der Waals surface area contributed by atoms with Crippen molar-refractivity contribution in [1.29, 1.82) is 0 Å². The molecule has 138 valence electrons. The first-order valence-electron chi connectivity index (χ1n) is 8.32. The van der Waals surface area contributed by atoms with E-state index in [0.29, 0.717) is 21.3 Å². The number of methoxy groups -OCH3 is 1. The largest absolute Gasteiger partial charge is 0.465 e. The van der Waals surface area contributed by atoms with E-state index in [0.717, 1.165) is 38.4 Å². The first-order valence-corrected chi connectivity index (χ1v) is 9.55. The molecule has 2 fully saturated rings. The summed E-state index contributed by atoms with van der Waals surface area (Å²) in [6.07, 6.45) is 1.80. The summed E-state index contributed by atoms with van der Waals surface area (Å²) >= 11 is 6.68. The molecule has 0 N–H and O–H groups in total. The van der Waals surface area contributed by atoms with Crippen LogP contribution in [0, 0.1) is 0 Å². The van der Waals surface area contributed by atoms with Gasteiger partial charge in [-0.2, -0.15) is 0 Å². The fraction of sp³-hybridized carbons (Fsp3) is 0.389. The van der Waals surface area contributed by atoms with Crippen LogP contribution < -0.4 is 0 Å². The number of carbonyl (C=O) groups excluding carboxylic acids is 2. The quantitative estimate of drug-likeness (QED) is 0.432. The summed E-state index contributed by atoms with van der Waals surface area (Å²) in [7, 11) is 1.35. The molecule has 0 aromatic heterocycles. The molecule has 0 saturated carbocycles. The molecule has 1 aromatic rings. The van der Waals surface area contributed by atoms with E-state index in [9.17, 15) is 9.59 Å². The van der Waals surface area contributed by atoms with Crippen LogP contribution in [-0.4, -0.2) is 72.5 Å². The van der Waals surface area contributed by atoms with Gasteiger partial charge in [0.25, 0.3) is 5.91 Å². The summed E-state index contributed by atoms with van der Waals surface area (Å²) in [5.74, 6) is -0.448. The smallest absolute Gasteiger partial charge is 0.337 e. The number of hydrogen-bond donors (Lipinski definition) is 0. The number of thioether (sulfide) groups is 1. The van der Waals surface area contributed by atoms with Crippen LogP contribution in [0.3, 0.4) is 0 Å². The third-order valence-corrected chi connectivity index (χ3v) is 5.62. The molecule has 6 nitrogen and oxygen atoms in total. The lowest BCUT2D eigenvalue weighted by molar-refractivity contribution is -0.122. The van der Waals surface area contributed by atoms with Gasteiger partial charge >= 0.3 is 5.97 Å². The van der Waals surface area contributed by atoms with Gasteiger partial charge in [0.2, 0.25) is 0 Å². The van der Waals surface area contributed by atoms with Gasteiger partial charge in [0.05, 0.1) is 30.8 Å². The molecule has 26 heavy (non-hydrogen) atoms. The zero-order valence-electron chi connectivity index (χ0n) is 14.5.